The van der Waals surface area contributed by atoms with E-state index in [1.807, 2.05) is 49.6 Å². The average molecular weight is 355 g/mol. The summed E-state index contributed by atoms with van der Waals surface area (Å²) in [4.78, 5) is 21.2. The van der Waals surface area contributed by atoms with Crippen LogP contribution in [0.25, 0.3) is 22.2 Å². The molecule has 1 aromatic carbocycles. The summed E-state index contributed by atoms with van der Waals surface area (Å²) in [5.74, 6) is 0.649. The second kappa shape index (κ2) is 6.02. The highest BCUT2D eigenvalue weighted by molar-refractivity contribution is 5.97. The first-order chi connectivity index (χ1) is 13.2. The maximum Gasteiger partial charge on any atom is 0.226 e. The zero-order valence-corrected chi connectivity index (χ0v) is 14.8. The highest BCUT2D eigenvalue weighted by Gasteiger charge is 2.34. The van der Waals surface area contributed by atoms with E-state index in [1.54, 1.807) is 17.1 Å². The Morgan fingerprint density at radius 2 is 2.00 bits per heavy atom. The van der Waals surface area contributed by atoms with Crippen LogP contribution in [0.5, 0.6) is 0 Å². The van der Waals surface area contributed by atoms with Gasteiger partial charge in [-0.1, -0.05) is 18.2 Å². The Balaban J connectivity index is 1.78. The highest BCUT2D eigenvalue weighted by Crippen LogP contribution is 2.43. The fourth-order valence-corrected chi connectivity index (χ4v) is 3.89. The van der Waals surface area contributed by atoms with Crippen LogP contribution in [0.15, 0.2) is 61.1 Å². The number of pyridine rings is 2. The van der Waals surface area contributed by atoms with Crippen molar-refractivity contribution in [1.82, 2.24) is 19.7 Å². The van der Waals surface area contributed by atoms with E-state index in [0.29, 0.717) is 6.42 Å². The number of amides is 1. The standard InChI is InChI=1S/C21H17N5O/c1-26-21-19(20(25-26)13-5-4-9-22-12-13)16(11-18(27)24-21)14-8-10-23-17-7-3-2-6-15(14)17/h2-10,12,16H,11H2,1H3,(H,24,27). The minimum Gasteiger partial charge on any atom is -0.311 e. The van der Waals surface area contributed by atoms with E-state index in [0.717, 1.165) is 39.1 Å². The van der Waals surface area contributed by atoms with E-state index in [4.69, 9.17) is 5.10 Å². The number of hydrogen-bond donors (Lipinski definition) is 1. The summed E-state index contributed by atoms with van der Waals surface area (Å²) in [5.41, 5.74) is 4.84. The first-order valence-electron chi connectivity index (χ1n) is 8.83. The van der Waals surface area contributed by atoms with Gasteiger partial charge in [0.15, 0.2) is 0 Å². The van der Waals surface area contributed by atoms with Crippen LogP contribution in [0, 0.1) is 0 Å². The van der Waals surface area contributed by atoms with Crippen molar-refractivity contribution in [2.24, 2.45) is 7.05 Å². The number of carbonyl (C=O) groups excluding carboxylic acids is 1. The molecule has 0 saturated carbocycles. The molecule has 3 aromatic heterocycles. The zero-order valence-electron chi connectivity index (χ0n) is 14.8. The van der Waals surface area contributed by atoms with E-state index in [1.165, 1.54) is 0 Å². The Morgan fingerprint density at radius 3 is 2.85 bits per heavy atom. The Labute approximate surface area is 155 Å². The second-order valence-corrected chi connectivity index (χ2v) is 6.70. The van der Waals surface area contributed by atoms with E-state index in [-0.39, 0.29) is 11.8 Å². The number of fused-ring (bicyclic) bond motifs is 2. The van der Waals surface area contributed by atoms with Crippen LogP contribution in [0.2, 0.25) is 0 Å². The lowest BCUT2D eigenvalue weighted by molar-refractivity contribution is -0.116. The molecule has 0 saturated heterocycles. The number of anilines is 1. The summed E-state index contributed by atoms with van der Waals surface area (Å²) in [6, 6.07) is 13.9. The third-order valence-corrected chi connectivity index (χ3v) is 5.07. The van der Waals surface area contributed by atoms with Crippen molar-refractivity contribution >= 4 is 22.6 Å². The topological polar surface area (TPSA) is 72.7 Å². The number of hydrogen-bond acceptors (Lipinski definition) is 4. The Morgan fingerprint density at radius 1 is 1.11 bits per heavy atom. The predicted octanol–water partition coefficient (Wildman–Crippen LogP) is 3.50. The SMILES string of the molecule is Cn1nc(-c2cccnc2)c2c1NC(=O)CC2c1ccnc2ccccc12. The van der Waals surface area contributed by atoms with Crippen molar-refractivity contribution in [3.05, 3.63) is 72.2 Å². The minimum atomic E-state index is -0.0921. The molecule has 1 amide bonds. The third kappa shape index (κ3) is 2.49. The van der Waals surface area contributed by atoms with Gasteiger partial charge in [0, 0.05) is 54.5 Å². The van der Waals surface area contributed by atoms with Crippen LogP contribution in [0.1, 0.15) is 23.5 Å². The minimum absolute atomic E-state index is 0.00544. The maximum absolute atomic E-state index is 12.5. The first kappa shape index (κ1) is 15.7. The van der Waals surface area contributed by atoms with Gasteiger partial charge in [-0.3, -0.25) is 19.4 Å². The fraction of sp³-hybridized carbons (Fsp3) is 0.143. The van der Waals surface area contributed by atoms with Gasteiger partial charge in [-0.2, -0.15) is 5.10 Å². The van der Waals surface area contributed by atoms with Gasteiger partial charge >= 0.3 is 0 Å². The molecule has 132 valence electrons. The molecule has 0 aliphatic carbocycles. The summed E-state index contributed by atoms with van der Waals surface area (Å²) in [6.45, 7) is 0. The number of aromatic nitrogens is 4. The average Bonchev–Trinajstić information content (AvgIpc) is 3.04. The molecule has 1 unspecified atom stereocenters. The van der Waals surface area contributed by atoms with Gasteiger partial charge in [0.05, 0.1) is 11.2 Å². The Kier molecular flexibility index (Phi) is 3.50. The number of benzene rings is 1. The van der Waals surface area contributed by atoms with Crippen LogP contribution in [0.3, 0.4) is 0 Å². The van der Waals surface area contributed by atoms with Crippen LogP contribution in [0.4, 0.5) is 5.82 Å². The van der Waals surface area contributed by atoms with Crippen molar-refractivity contribution in [3.8, 4) is 11.3 Å². The summed E-state index contributed by atoms with van der Waals surface area (Å²) < 4.78 is 1.74. The van der Waals surface area contributed by atoms with Gasteiger partial charge in [0.1, 0.15) is 5.82 Å². The van der Waals surface area contributed by atoms with Gasteiger partial charge in [-0.05, 0) is 29.8 Å². The van der Waals surface area contributed by atoms with E-state index >= 15 is 0 Å². The van der Waals surface area contributed by atoms with Gasteiger partial charge in [-0.15, -0.1) is 0 Å². The van der Waals surface area contributed by atoms with Crippen molar-refractivity contribution in [3.63, 3.8) is 0 Å². The van der Waals surface area contributed by atoms with Crippen molar-refractivity contribution in [2.75, 3.05) is 5.32 Å². The molecule has 6 heteroatoms. The molecule has 4 heterocycles. The van der Waals surface area contributed by atoms with Crippen LogP contribution >= 0.6 is 0 Å². The monoisotopic (exact) mass is 355 g/mol. The Bertz CT molecular complexity index is 1160. The molecule has 0 bridgehead atoms. The molecule has 1 N–H and O–H groups in total. The van der Waals surface area contributed by atoms with Crippen molar-refractivity contribution < 1.29 is 4.79 Å². The molecule has 0 spiro atoms. The lowest BCUT2D eigenvalue weighted by Crippen LogP contribution is -2.24. The summed E-state index contributed by atoms with van der Waals surface area (Å²) in [5, 5.41) is 8.75. The molecule has 1 aliphatic rings. The fourth-order valence-electron chi connectivity index (χ4n) is 3.89. The van der Waals surface area contributed by atoms with Crippen molar-refractivity contribution in [1.29, 1.82) is 0 Å². The first-order valence-corrected chi connectivity index (χ1v) is 8.83. The lowest BCUT2D eigenvalue weighted by Gasteiger charge is -2.25. The van der Waals surface area contributed by atoms with Crippen molar-refractivity contribution in [2.45, 2.75) is 12.3 Å². The normalized spacial score (nSPS) is 16.2. The van der Waals surface area contributed by atoms with Gasteiger partial charge in [0.2, 0.25) is 5.91 Å². The molecule has 1 atom stereocenters. The molecule has 1 aliphatic heterocycles. The highest BCUT2D eigenvalue weighted by atomic mass is 16.1. The molecule has 0 fully saturated rings. The number of aryl methyl sites for hydroxylation is 1. The number of nitrogens with zero attached hydrogens (tertiary/aromatic N) is 4. The van der Waals surface area contributed by atoms with E-state index in [2.05, 4.69) is 21.4 Å². The molecule has 4 aromatic rings. The maximum atomic E-state index is 12.5. The third-order valence-electron chi connectivity index (χ3n) is 5.07. The summed E-state index contributed by atoms with van der Waals surface area (Å²) in [7, 11) is 1.85. The smallest absolute Gasteiger partial charge is 0.226 e. The van der Waals surface area contributed by atoms with E-state index < -0.39 is 0 Å². The number of nitrogens with one attached hydrogen (secondary N) is 1. The van der Waals surface area contributed by atoms with Crippen LogP contribution in [-0.2, 0) is 11.8 Å². The second-order valence-electron chi connectivity index (χ2n) is 6.70. The molecule has 6 nitrogen and oxygen atoms in total. The predicted molar refractivity (Wildman–Crippen MR) is 103 cm³/mol. The quantitative estimate of drug-likeness (QED) is 0.597. The molecule has 0 radical (unpaired) electrons. The number of rotatable bonds is 2. The Hall–Kier alpha value is -3.54. The van der Waals surface area contributed by atoms with Crippen LogP contribution in [-0.4, -0.2) is 25.7 Å². The summed E-state index contributed by atoms with van der Waals surface area (Å²) in [6.07, 6.45) is 5.74. The molecule has 5 rings (SSSR count). The number of carbonyl (C=O) groups is 1. The molecular formula is C21H17N5O. The lowest BCUT2D eigenvalue weighted by atomic mass is 9.83. The van der Waals surface area contributed by atoms with Gasteiger partial charge < -0.3 is 5.32 Å². The summed E-state index contributed by atoms with van der Waals surface area (Å²) >= 11 is 0. The van der Waals surface area contributed by atoms with Gasteiger partial charge in [0.25, 0.3) is 0 Å². The van der Waals surface area contributed by atoms with E-state index in [9.17, 15) is 4.79 Å². The van der Waals surface area contributed by atoms with Crippen LogP contribution < -0.4 is 5.32 Å². The zero-order chi connectivity index (χ0) is 18.4. The number of para-hydroxylation sites is 1. The largest absolute Gasteiger partial charge is 0.311 e. The molecular weight excluding hydrogens is 338 g/mol. The molecule has 27 heavy (non-hydrogen) atoms. The van der Waals surface area contributed by atoms with Gasteiger partial charge in [-0.25, -0.2) is 0 Å².